The van der Waals surface area contributed by atoms with Crippen LogP contribution in [-0.2, 0) is 0 Å². The number of benzene rings is 1. The van der Waals surface area contributed by atoms with E-state index in [-0.39, 0.29) is 0 Å². The zero-order valence-electron chi connectivity index (χ0n) is 9.88. The van der Waals surface area contributed by atoms with E-state index in [0.717, 1.165) is 5.69 Å². The van der Waals surface area contributed by atoms with Gasteiger partial charge in [-0.25, -0.2) is 0 Å². The molecule has 0 aliphatic heterocycles. The van der Waals surface area contributed by atoms with Crippen LogP contribution in [0.4, 0.5) is 0 Å². The SMILES string of the molecule is Cc1ccc(/C=C/C=C\c2ccccn2)cc1. The first-order valence-corrected chi connectivity index (χ1v) is 5.67. The van der Waals surface area contributed by atoms with Crippen molar-refractivity contribution in [3.8, 4) is 0 Å². The molecule has 0 amide bonds. The van der Waals surface area contributed by atoms with Crippen molar-refractivity contribution in [1.29, 1.82) is 0 Å². The monoisotopic (exact) mass is 221 g/mol. The highest BCUT2D eigenvalue weighted by molar-refractivity contribution is 5.55. The van der Waals surface area contributed by atoms with Crippen molar-refractivity contribution in [3.63, 3.8) is 0 Å². The van der Waals surface area contributed by atoms with Gasteiger partial charge >= 0.3 is 0 Å². The zero-order chi connectivity index (χ0) is 11.9. The Morgan fingerprint density at radius 3 is 2.35 bits per heavy atom. The smallest absolute Gasteiger partial charge is 0.0629 e. The van der Waals surface area contributed by atoms with E-state index in [2.05, 4.69) is 42.2 Å². The number of pyridine rings is 1. The van der Waals surface area contributed by atoms with E-state index in [4.69, 9.17) is 0 Å². The Balaban J connectivity index is 1.98. The fourth-order valence-corrected chi connectivity index (χ4v) is 1.47. The van der Waals surface area contributed by atoms with Gasteiger partial charge < -0.3 is 0 Å². The Bertz CT molecular complexity index is 507. The van der Waals surface area contributed by atoms with Crippen molar-refractivity contribution in [1.82, 2.24) is 4.98 Å². The minimum absolute atomic E-state index is 0.973. The molecule has 1 heteroatoms. The Morgan fingerprint density at radius 1 is 0.882 bits per heavy atom. The minimum Gasteiger partial charge on any atom is -0.257 e. The van der Waals surface area contributed by atoms with Crippen LogP contribution in [0, 0.1) is 6.92 Å². The summed E-state index contributed by atoms with van der Waals surface area (Å²) in [7, 11) is 0. The molecule has 0 bridgehead atoms. The molecule has 1 aromatic carbocycles. The summed E-state index contributed by atoms with van der Waals surface area (Å²) in [6.07, 6.45) is 9.90. The summed E-state index contributed by atoms with van der Waals surface area (Å²) < 4.78 is 0. The number of allylic oxidation sites excluding steroid dienone is 2. The van der Waals surface area contributed by atoms with Crippen molar-refractivity contribution in [3.05, 3.63) is 77.6 Å². The van der Waals surface area contributed by atoms with Crippen LogP contribution >= 0.6 is 0 Å². The molecular formula is C16H15N. The van der Waals surface area contributed by atoms with E-state index >= 15 is 0 Å². The normalized spacial score (nSPS) is 11.4. The van der Waals surface area contributed by atoms with Gasteiger partial charge in [0.2, 0.25) is 0 Å². The molecule has 0 spiro atoms. The second kappa shape index (κ2) is 5.80. The molecule has 0 aliphatic rings. The largest absolute Gasteiger partial charge is 0.257 e. The number of aryl methyl sites for hydroxylation is 1. The fourth-order valence-electron chi connectivity index (χ4n) is 1.47. The lowest BCUT2D eigenvalue weighted by atomic mass is 10.1. The third-order valence-corrected chi connectivity index (χ3v) is 2.43. The summed E-state index contributed by atoms with van der Waals surface area (Å²) in [6, 6.07) is 14.3. The van der Waals surface area contributed by atoms with Crippen LogP contribution in [0.2, 0.25) is 0 Å². The molecule has 0 unspecified atom stereocenters. The van der Waals surface area contributed by atoms with E-state index in [0.29, 0.717) is 0 Å². The maximum absolute atomic E-state index is 4.21. The molecule has 0 saturated carbocycles. The molecule has 1 aromatic heterocycles. The first kappa shape index (κ1) is 11.3. The predicted octanol–water partition coefficient (Wildman–Crippen LogP) is 4.12. The molecule has 0 radical (unpaired) electrons. The number of aromatic nitrogens is 1. The highest BCUT2D eigenvalue weighted by Gasteiger charge is 1.85. The highest BCUT2D eigenvalue weighted by atomic mass is 14.6. The van der Waals surface area contributed by atoms with E-state index in [1.807, 2.05) is 36.4 Å². The average molecular weight is 221 g/mol. The molecule has 1 nitrogen and oxygen atoms in total. The summed E-state index contributed by atoms with van der Waals surface area (Å²) >= 11 is 0. The predicted molar refractivity (Wildman–Crippen MR) is 73.5 cm³/mol. The van der Waals surface area contributed by atoms with Gasteiger partial charge in [-0.15, -0.1) is 0 Å². The average Bonchev–Trinajstić information content (AvgIpc) is 2.38. The molecule has 84 valence electrons. The van der Waals surface area contributed by atoms with E-state index in [1.54, 1.807) is 6.20 Å². The lowest BCUT2D eigenvalue weighted by molar-refractivity contribution is 1.30. The summed E-state index contributed by atoms with van der Waals surface area (Å²) in [4.78, 5) is 4.21. The molecule has 2 aromatic rings. The number of rotatable bonds is 3. The van der Waals surface area contributed by atoms with Crippen LogP contribution in [0.5, 0.6) is 0 Å². The Hall–Kier alpha value is -2.15. The van der Waals surface area contributed by atoms with Crippen LogP contribution in [0.1, 0.15) is 16.8 Å². The molecule has 0 N–H and O–H groups in total. The van der Waals surface area contributed by atoms with Crippen molar-refractivity contribution in [2.24, 2.45) is 0 Å². The van der Waals surface area contributed by atoms with Gasteiger partial charge in [0, 0.05) is 6.20 Å². The van der Waals surface area contributed by atoms with Gasteiger partial charge in [0.15, 0.2) is 0 Å². The lowest BCUT2D eigenvalue weighted by Crippen LogP contribution is -1.75. The highest BCUT2D eigenvalue weighted by Crippen LogP contribution is 2.05. The first-order valence-electron chi connectivity index (χ1n) is 5.67. The Kier molecular flexibility index (Phi) is 3.87. The Morgan fingerprint density at radius 2 is 1.65 bits per heavy atom. The van der Waals surface area contributed by atoms with E-state index in [1.165, 1.54) is 11.1 Å². The quantitative estimate of drug-likeness (QED) is 0.710. The summed E-state index contributed by atoms with van der Waals surface area (Å²) in [5.74, 6) is 0. The molecule has 17 heavy (non-hydrogen) atoms. The third kappa shape index (κ3) is 3.72. The lowest BCUT2D eigenvalue weighted by Gasteiger charge is -1.93. The van der Waals surface area contributed by atoms with Crippen molar-refractivity contribution < 1.29 is 0 Å². The second-order valence-electron chi connectivity index (χ2n) is 3.88. The number of nitrogens with zero attached hydrogens (tertiary/aromatic N) is 1. The van der Waals surface area contributed by atoms with Crippen LogP contribution in [0.3, 0.4) is 0 Å². The first-order chi connectivity index (χ1) is 8.34. The molecule has 0 aliphatic carbocycles. The summed E-state index contributed by atoms with van der Waals surface area (Å²) in [5.41, 5.74) is 3.47. The topological polar surface area (TPSA) is 12.9 Å². The van der Waals surface area contributed by atoms with Crippen molar-refractivity contribution in [2.75, 3.05) is 0 Å². The maximum atomic E-state index is 4.21. The van der Waals surface area contributed by atoms with Gasteiger partial charge in [-0.05, 0) is 30.7 Å². The molecule has 0 atom stereocenters. The number of hydrogen-bond donors (Lipinski definition) is 0. The summed E-state index contributed by atoms with van der Waals surface area (Å²) in [6.45, 7) is 2.09. The van der Waals surface area contributed by atoms with Gasteiger partial charge in [-0.2, -0.15) is 0 Å². The van der Waals surface area contributed by atoms with Crippen LogP contribution < -0.4 is 0 Å². The molecular weight excluding hydrogens is 206 g/mol. The molecule has 1 heterocycles. The summed E-state index contributed by atoms with van der Waals surface area (Å²) in [5, 5.41) is 0. The molecule has 2 rings (SSSR count). The van der Waals surface area contributed by atoms with Gasteiger partial charge in [0.25, 0.3) is 0 Å². The van der Waals surface area contributed by atoms with Crippen molar-refractivity contribution in [2.45, 2.75) is 6.92 Å². The fraction of sp³-hybridized carbons (Fsp3) is 0.0625. The van der Waals surface area contributed by atoms with Gasteiger partial charge in [-0.3, -0.25) is 4.98 Å². The molecule has 0 fully saturated rings. The molecule has 0 saturated heterocycles. The van der Waals surface area contributed by atoms with Gasteiger partial charge in [-0.1, -0.05) is 54.1 Å². The minimum atomic E-state index is 0.973. The third-order valence-electron chi connectivity index (χ3n) is 2.43. The van der Waals surface area contributed by atoms with Crippen molar-refractivity contribution >= 4 is 12.2 Å². The van der Waals surface area contributed by atoms with Gasteiger partial charge in [0.1, 0.15) is 0 Å². The van der Waals surface area contributed by atoms with E-state index in [9.17, 15) is 0 Å². The van der Waals surface area contributed by atoms with Gasteiger partial charge in [0.05, 0.1) is 5.69 Å². The number of hydrogen-bond acceptors (Lipinski definition) is 1. The zero-order valence-corrected chi connectivity index (χ0v) is 9.88. The second-order valence-corrected chi connectivity index (χ2v) is 3.88. The maximum Gasteiger partial charge on any atom is 0.0629 e. The van der Waals surface area contributed by atoms with Crippen LogP contribution in [0.25, 0.3) is 12.2 Å². The van der Waals surface area contributed by atoms with Crippen LogP contribution in [0.15, 0.2) is 60.8 Å². The Labute approximate surface area is 102 Å². The standard InChI is InChI=1S/C16H15N/c1-14-9-11-15(12-10-14)6-2-3-7-16-8-4-5-13-17-16/h2-13H,1H3/b6-2+,7-3-. The van der Waals surface area contributed by atoms with E-state index < -0.39 is 0 Å². The van der Waals surface area contributed by atoms with Crippen LogP contribution in [-0.4, -0.2) is 4.98 Å².